The topological polar surface area (TPSA) is 330 Å². The van der Waals surface area contributed by atoms with Crippen LogP contribution in [0.1, 0.15) is 103 Å². The first-order valence-electron chi connectivity index (χ1n) is 30.9. The van der Waals surface area contributed by atoms with Crippen molar-refractivity contribution in [2.45, 2.75) is 114 Å². The molecule has 0 radical (unpaired) electrons. The number of carbonyl (C=O) groups is 2. The molecule has 2 amide bonds. The van der Waals surface area contributed by atoms with Gasteiger partial charge in [0.05, 0.1) is 60.7 Å². The van der Waals surface area contributed by atoms with E-state index in [1.807, 2.05) is 91.2 Å². The van der Waals surface area contributed by atoms with Crippen LogP contribution in [0.4, 0.5) is 11.4 Å². The summed E-state index contributed by atoms with van der Waals surface area (Å²) in [5.74, 6) is 1.27. The number of allylic oxidation sites excluding steroid dienone is 4. The molecule has 24 nitrogen and oxygen atoms in total. The van der Waals surface area contributed by atoms with Crippen LogP contribution in [0, 0.1) is 0 Å². The Bertz CT molecular complexity index is 4610. The van der Waals surface area contributed by atoms with Crippen LogP contribution in [0.2, 0.25) is 0 Å². The summed E-state index contributed by atoms with van der Waals surface area (Å²) in [6, 6.07) is 32.7. The zero-order chi connectivity index (χ0) is 66.6. The van der Waals surface area contributed by atoms with E-state index in [1.54, 1.807) is 39.8 Å². The summed E-state index contributed by atoms with van der Waals surface area (Å²) >= 11 is 0.651. The van der Waals surface area contributed by atoms with Gasteiger partial charge in [-0.25, -0.2) is 25.3 Å². The van der Waals surface area contributed by atoms with Crippen LogP contribution in [0.5, 0.6) is 11.5 Å². The summed E-state index contributed by atoms with van der Waals surface area (Å²) < 4.78 is 139. The minimum atomic E-state index is -4.83. The van der Waals surface area contributed by atoms with Gasteiger partial charge in [0.15, 0.2) is 24.6 Å². The second-order valence-corrected chi connectivity index (χ2v) is 27.8. The number of carbonyl (C=O) groups excluding carboxylic acids is 2. The number of hydrogen-bond donors (Lipinski definition) is 2. The number of ether oxygens (including phenoxy) is 2. The zero-order valence-electron chi connectivity index (χ0n) is 52.6. The molecule has 0 unspecified atom stereocenters. The van der Waals surface area contributed by atoms with Crippen molar-refractivity contribution in [3.8, 4) is 11.5 Å². The first-order valence-corrected chi connectivity index (χ1v) is 36.2. The van der Waals surface area contributed by atoms with Crippen LogP contribution in [0.25, 0.3) is 55.9 Å². The number of nitrogens with one attached hydrogen (secondary N) is 2. The fourth-order valence-electron chi connectivity index (χ4n) is 11.3. The van der Waals surface area contributed by atoms with Crippen molar-refractivity contribution in [3.05, 3.63) is 156 Å². The standard InChI is InChI=1S/C66H72N6O18S4.Na/c1-3-45(36-64-72(32-16-34-93(79,80)81)55-43-51(91-90-89-75)23-25-57(55)85-64)35-63-70(56-44-52(94(82,83)84)24-26-58(56)86-63)30-14-6-8-22-62(74)68-28-27-67-61(73)21-7-5-13-29-69-53-39-47-17-9-11-19-49(47)41-59(53)87-65(69)37-46(4-2)38-66-71(31-15-33-92(76,77)78)54-40-48-18-10-12-20-50(48)42-60(54)88-66;/h9-12,17-20,23-26,35-44H,3-8,13-16,21-22,27-34H2,1-2H3,(H4-2,67,68,73,74,75,76,77,78,79,80,81,82,83,84);/q;+1/p-2. The molecule has 0 aliphatic carbocycles. The van der Waals surface area contributed by atoms with E-state index in [1.165, 1.54) is 18.2 Å². The molecule has 95 heavy (non-hydrogen) atoms. The van der Waals surface area contributed by atoms with Gasteiger partial charge in [0.2, 0.25) is 34.7 Å². The van der Waals surface area contributed by atoms with Crippen molar-refractivity contribution in [3.63, 3.8) is 0 Å². The zero-order valence-corrected chi connectivity index (χ0v) is 57.9. The van der Waals surface area contributed by atoms with Gasteiger partial charge in [0.25, 0.3) is 11.0 Å². The second-order valence-electron chi connectivity index (χ2n) is 22.6. The van der Waals surface area contributed by atoms with E-state index >= 15 is 0 Å². The molecule has 0 saturated carbocycles. The number of benzene rings is 6. The fourth-order valence-corrected chi connectivity index (χ4v) is 13.2. The van der Waals surface area contributed by atoms with Gasteiger partial charge in [-0.3, -0.25) is 14.6 Å². The number of aryl methyl sites for hydroxylation is 2. The maximum absolute atomic E-state index is 13.0. The number of oxazole rings is 2. The number of nitrogens with zero attached hydrogens (tertiary/aromatic N) is 4. The van der Waals surface area contributed by atoms with E-state index in [0.29, 0.717) is 138 Å². The van der Waals surface area contributed by atoms with Crippen molar-refractivity contribution in [1.29, 1.82) is 0 Å². The molecule has 10 rings (SSSR count). The molecule has 2 aliphatic heterocycles. The Morgan fingerprint density at radius 1 is 0.568 bits per heavy atom. The third-order valence-electron chi connectivity index (χ3n) is 16.0. The average molecular weight is 1390 g/mol. The Morgan fingerprint density at radius 2 is 1.06 bits per heavy atom. The summed E-state index contributed by atoms with van der Waals surface area (Å²) in [6.45, 7) is 5.58. The van der Waals surface area contributed by atoms with Gasteiger partial charge < -0.3 is 57.7 Å². The summed E-state index contributed by atoms with van der Waals surface area (Å²) in [4.78, 5) is 29.8. The summed E-state index contributed by atoms with van der Waals surface area (Å²) in [5, 5.41) is 23.8. The van der Waals surface area contributed by atoms with Crippen molar-refractivity contribution in [1.82, 2.24) is 10.6 Å². The van der Waals surface area contributed by atoms with Crippen molar-refractivity contribution in [2.24, 2.45) is 0 Å². The van der Waals surface area contributed by atoms with Crippen LogP contribution < -0.4 is 73.9 Å². The molecule has 0 fully saturated rings. The quantitative estimate of drug-likeness (QED) is 0.00880. The maximum Gasteiger partial charge on any atom is 1.00 e. The van der Waals surface area contributed by atoms with E-state index in [0.717, 1.165) is 51.2 Å². The van der Waals surface area contributed by atoms with Gasteiger partial charge in [-0.05, 0) is 120 Å². The van der Waals surface area contributed by atoms with E-state index in [2.05, 4.69) is 37.0 Å². The fraction of sp³-hybridized carbons (Fsp3) is 0.333. The van der Waals surface area contributed by atoms with Gasteiger partial charge in [0, 0.05) is 92.5 Å². The molecule has 498 valence electrons. The Kier molecular flexibility index (Phi) is 24.8. The molecular formula is C66H70N6NaO18S4-. The van der Waals surface area contributed by atoms with E-state index < -0.39 is 46.8 Å². The SMILES string of the molecule is CCC(=Cc1oc2ccc(SOO[O-])cc2[n+]1CCCS(=O)(=O)[O-])C=C1Oc2ccc(S(=O)(=O)[O-])cc2N1CCCCCC(=O)NCCNC(=O)CCCCCN1C(=CC(=Cc2oc3cc4ccccc4cc3[n+]2CCCS(=O)(=O)[O-])CC)Oc2cc3ccccc3cc21.[Na+]. The molecule has 29 heteroatoms. The number of aromatic nitrogens is 2. The van der Waals surface area contributed by atoms with E-state index in [-0.39, 0.29) is 86.8 Å². The molecule has 0 saturated heterocycles. The monoisotopic (exact) mass is 1390 g/mol. The van der Waals surface area contributed by atoms with Gasteiger partial charge in [-0.1, -0.05) is 75.2 Å². The maximum atomic E-state index is 13.0. The second kappa shape index (κ2) is 32.7. The minimum absolute atomic E-state index is 0. The van der Waals surface area contributed by atoms with Crippen LogP contribution in [0.3, 0.4) is 0 Å². The molecule has 0 atom stereocenters. The first-order chi connectivity index (χ1) is 45.1. The Hall–Kier alpha value is -7.16. The van der Waals surface area contributed by atoms with Crippen LogP contribution in [-0.2, 0) is 62.4 Å². The van der Waals surface area contributed by atoms with Crippen molar-refractivity contribution in [2.75, 3.05) is 47.5 Å². The van der Waals surface area contributed by atoms with E-state index in [4.69, 9.17) is 18.3 Å². The minimum Gasteiger partial charge on any atom is -0.748 e. The number of anilines is 2. The predicted octanol–water partition coefficient (Wildman–Crippen LogP) is 6.19. The van der Waals surface area contributed by atoms with Gasteiger partial charge >= 0.3 is 41.3 Å². The van der Waals surface area contributed by atoms with Crippen LogP contribution in [-0.4, -0.2) is 88.4 Å². The third kappa shape index (κ3) is 19.3. The largest absolute Gasteiger partial charge is 1.00 e. The summed E-state index contributed by atoms with van der Waals surface area (Å²) in [7, 11) is -13.8. The molecule has 6 aromatic carbocycles. The summed E-state index contributed by atoms with van der Waals surface area (Å²) in [5.41, 5.74) is 5.11. The molecule has 0 spiro atoms. The number of rotatable bonds is 33. The average Bonchev–Trinajstić information content (AvgIpc) is 1.67. The van der Waals surface area contributed by atoms with Gasteiger partial charge in [0.1, 0.15) is 10.1 Å². The molecular weight excluding hydrogens is 1320 g/mol. The number of unbranched alkanes of at least 4 members (excludes halogenated alkanes) is 4. The van der Waals surface area contributed by atoms with Crippen LogP contribution in [0.15, 0.2) is 163 Å². The van der Waals surface area contributed by atoms with Crippen LogP contribution >= 0.6 is 12.0 Å². The molecule has 8 aromatic rings. The van der Waals surface area contributed by atoms with E-state index in [9.17, 15) is 53.8 Å². The van der Waals surface area contributed by atoms with Gasteiger partial charge in [-0.15, -0.1) is 0 Å². The Balaban J connectivity index is 0.0000106. The molecule has 4 heterocycles. The Morgan fingerprint density at radius 3 is 1.59 bits per heavy atom. The first kappa shape index (κ1) is 72.1. The normalized spacial score (nSPS) is 14.5. The number of hydrogen-bond acceptors (Lipinski definition) is 21. The number of fused-ring (bicyclic) bond motifs is 6. The smallest absolute Gasteiger partial charge is 0.748 e. The third-order valence-corrected chi connectivity index (χ3v) is 19.0. The molecule has 2 aliphatic rings. The van der Waals surface area contributed by atoms with Crippen molar-refractivity contribution < 1.29 is 120 Å². The van der Waals surface area contributed by atoms with Crippen molar-refractivity contribution >= 4 is 121 Å². The molecule has 2 N–H and O–H groups in total. The summed E-state index contributed by atoms with van der Waals surface area (Å²) in [6.07, 6.45) is 12.6. The predicted molar refractivity (Wildman–Crippen MR) is 347 cm³/mol. The molecule has 2 aromatic heterocycles. The molecule has 0 bridgehead atoms. The van der Waals surface area contributed by atoms with Gasteiger partial charge in [-0.2, -0.15) is 13.5 Å². The Labute approximate surface area is 576 Å². The number of amides is 2.